The summed E-state index contributed by atoms with van der Waals surface area (Å²) in [4.78, 5) is 22.3. The molecule has 0 saturated carbocycles. The smallest absolute Gasteiger partial charge is 0.345 e. The van der Waals surface area contributed by atoms with Crippen LogP contribution in [0.2, 0.25) is 5.02 Å². The quantitative estimate of drug-likeness (QED) is 0.635. The number of ether oxygens (including phenoxy) is 1. The monoisotopic (exact) mass is 257 g/mol. The molecule has 0 fully saturated rings. The lowest BCUT2D eigenvalue weighted by Gasteiger charge is -2.11. The first-order valence-electron chi connectivity index (χ1n) is 4.94. The molecule has 0 amide bonds. The van der Waals surface area contributed by atoms with Gasteiger partial charge in [0, 0.05) is 10.7 Å². The SMILES string of the molecule is CCC(OC(=O)c1cc(N)cc(Cl)c1)C(=O)O. The van der Waals surface area contributed by atoms with Crippen molar-refractivity contribution in [1.29, 1.82) is 0 Å². The second kappa shape index (κ2) is 5.54. The molecule has 0 bridgehead atoms. The number of rotatable bonds is 4. The highest BCUT2D eigenvalue weighted by Crippen LogP contribution is 2.18. The lowest BCUT2D eigenvalue weighted by molar-refractivity contribution is -0.147. The van der Waals surface area contributed by atoms with Crippen LogP contribution in [0.1, 0.15) is 23.7 Å². The second-order valence-corrected chi connectivity index (χ2v) is 3.85. The fourth-order valence-corrected chi connectivity index (χ4v) is 1.48. The Labute approximate surface area is 103 Å². The Kier molecular flexibility index (Phi) is 4.34. The van der Waals surface area contributed by atoms with Crippen molar-refractivity contribution in [2.45, 2.75) is 19.4 Å². The van der Waals surface area contributed by atoms with Crippen LogP contribution in [0.3, 0.4) is 0 Å². The van der Waals surface area contributed by atoms with E-state index < -0.39 is 18.0 Å². The van der Waals surface area contributed by atoms with Gasteiger partial charge >= 0.3 is 11.9 Å². The molecule has 5 nitrogen and oxygen atoms in total. The van der Waals surface area contributed by atoms with Gasteiger partial charge in [0.25, 0.3) is 0 Å². The molecule has 0 aliphatic rings. The van der Waals surface area contributed by atoms with Gasteiger partial charge in [0.1, 0.15) is 0 Å². The number of carbonyl (C=O) groups excluding carboxylic acids is 1. The number of hydrogen-bond acceptors (Lipinski definition) is 4. The van der Waals surface area contributed by atoms with E-state index in [0.717, 1.165) is 0 Å². The van der Waals surface area contributed by atoms with E-state index >= 15 is 0 Å². The van der Waals surface area contributed by atoms with Crippen LogP contribution in [-0.2, 0) is 9.53 Å². The number of nitrogen functional groups attached to an aromatic ring is 1. The summed E-state index contributed by atoms with van der Waals surface area (Å²) in [6, 6.07) is 4.23. The minimum Gasteiger partial charge on any atom is -0.479 e. The highest BCUT2D eigenvalue weighted by molar-refractivity contribution is 6.31. The Morgan fingerprint density at radius 3 is 2.59 bits per heavy atom. The van der Waals surface area contributed by atoms with E-state index in [1.165, 1.54) is 18.2 Å². The first kappa shape index (κ1) is 13.3. The molecule has 0 saturated heterocycles. The Hall–Kier alpha value is -1.75. The Morgan fingerprint density at radius 1 is 1.47 bits per heavy atom. The summed E-state index contributed by atoms with van der Waals surface area (Å²) < 4.78 is 4.80. The van der Waals surface area contributed by atoms with Gasteiger partial charge in [0.15, 0.2) is 6.10 Å². The summed E-state index contributed by atoms with van der Waals surface area (Å²) in [7, 11) is 0. The predicted octanol–water partition coefficient (Wildman–Crippen LogP) is 1.94. The predicted molar refractivity (Wildman–Crippen MR) is 63.0 cm³/mol. The number of carboxylic acids is 1. The first-order valence-corrected chi connectivity index (χ1v) is 5.31. The van der Waals surface area contributed by atoms with Gasteiger partial charge in [-0.1, -0.05) is 18.5 Å². The van der Waals surface area contributed by atoms with Crippen molar-refractivity contribution in [3.8, 4) is 0 Å². The van der Waals surface area contributed by atoms with Crippen molar-refractivity contribution >= 4 is 29.2 Å². The summed E-state index contributed by atoms with van der Waals surface area (Å²) in [6.07, 6.45) is -0.973. The van der Waals surface area contributed by atoms with Crippen LogP contribution in [-0.4, -0.2) is 23.1 Å². The van der Waals surface area contributed by atoms with Crippen LogP contribution in [0, 0.1) is 0 Å². The molecular weight excluding hydrogens is 246 g/mol. The van der Waals surface area contributed by atoms with Crippen LogP contribution < -0.4 is 5.73 Å². The van der Waals surface area contributed by atoms with Gasteiger partial charge in [-0.3, -0.25) is 0 Å². The number of nitrogens with two attached hydrogens (primary N) is 1. The second-order valence-electron chi connectivity index (χ2n) is 3.41. The van der Waals surface area contributed by atoms with E-state index in [0.29, 0.717) is 10.7 Å². The van der Waals surface area contributed by atoms with Crippen molar-refractivity contribution in [3.05, 3.63) is 28.8 Å². The van der Waals surface area contributed by atoms with Gasteiger partial charge in [0.05, 0.1) is 5.56 Å². The zero-order valence-electron chi connectivity index (χ0n) is 9.14. The van der Waals surface area contributed by atoms with Gasteiger partial charge in [-0.05, 0) is 24.6 Å². The van der Waals surface area contributed by atoms with Gasteiger partial charge in [-0.2, -0.15) is 0 Å². The van der Waals surface area contributed by atoms with Crippen molar-refractivity contribution in [2.75, 3.05) is 5.73 Å². The summed E-state index contributed by atoms with van der Waals surface area (Å²) in [6.45, 7) is 1.61. The molecule has 92 valence electrons. The van der Waals surface area contributed by atoms with Crippen molar-refractivity contribution in [2.24, 2.45) is 0 Å². The summed E-state index contributed by atoms with van der Waals surface area (Å²) >= 11 is 5.72. The molecule has 0 spiro atoms. The van der Waals surface area contributed by atoms with Crippen LogP contribution in [0.5, 0.6) is 0 Å². The molecule has 1 unspecified atom stereocenters. The lowest BCUT2D eigenvalue weighted by atomic mass is 10.2. The average Bonchev–Trinajstić information content (AvgIpc) is 2.23. The maximum absolute atomic E-state index is 11.6. The molecule has 0 aromatic heterocycles. The number of carboxylic acid groups (broad SMARTS) is 1. The van der Waals surface area contributed by atoms with E-state index in [-0.39, 0.29) is 12.0 Å². The van der Waals surface area contributed by atoms with Gasteiger partial charge < -0.3 is 15.6 Å². The summed E-state index contributed by atoms with van der Waals surface area (Å²) in [5.41, 5.74) is 5.96. The molecule has 6 heteroatoms. The van der Waals surface area contributed by atoms with E-state index in [4.69, 9.17) is 27.2 Å². The summed E-state index contributed by atoms with van der Waals surface area (Å²) in [5, 5.41) is 9.04. The standard InChI is InChI=1S/C11H12ClNO4/c1-2-9(10(14)15)17-11(16)6-3-7(12)5-8(13)4-6/h3-5,9H,2,13H2,1H3,(H,14,15). The molecule has 0 radical (unpaired) electrons. The van der Waals surface area contributed by atoms with Crippen LogP contribution in [0.4, 0.5) is 5.69 Å². The number of esters is 1. The van der Waals surface area contributed by atoms with Crippen molar-refractivity contribution < 1.29 is 19.4 Å². The fourth-order valence-electron chi connectivity index (χ4n) is 1.24. The zero-order valence-corrected chi connectivity index (χ0v) is 9.90. The minimum atomic E-state index is -1.18. The average molecular weight is 258 g/mol. The van der Waals surface area contributed by atoms with E-state index in [1.54, 1.807) is 6.92 Å². The fraction of sp³-hybridized carbons (Fsp3) is 0.273. The minimum absolute atomic E-state index is 0.134. The molecule has 1 aromatic rings. The largest absolute Gasteiger partial charge is 0.479 e. The molecule has 17 heavy (non-hydrogen) atoms. The number of aliphatic carboxylic acids is 1. The van der Waals surface area contributed by atoms with Crippen LogP contribution >= 0.6 is 11.6 Å². The zero-order chi connectivity index (χ0) is 13.0. The van der Waals surface area contributed by atoms with Gasteiger partial charge in [0.2, 0.25) is 0 Å². The molecule has 0 aliphatic heterocycles. The third-order valence-corrected chi connectivity index (χ3v) is 2.27. The molecule has 1 aromatic carbocycles. The molecule has 3 N–H and O–H groups in total. The highest BCUT2D eigenvalue weighted by Gasteiger charge is 2.21. The number of anilines is 1. The van der Waals surface area contributed by atoms with Gasteiger partial charge in [-0.25, -0.2) is 9.59 Å². The van der Waals surface area contributed by atoms with Crippen molar-refractivity contribution in [3.63, 3.8) is 0 Å². The van der Waals surface area contributed by atoms with E-state index in [9.17, 15) is 9.59 Å². The number of hydrogen-bond donors (Lipinski definition) is 2. The lowest BCUT2D eigenvalue weighted by Crippen LogP contribution is -2.26. The number of benzene rings is 1. The van der Waals surface area contributed by atoms with E-state index in [1.807, 2.05) is 0 Å². The first-order chi connectivity index (χ1) is 7.93. The highest BCUT2D eigenvalue weighted by atomic mass is 35.5. The Balaban J connectivity index is 2.86. The van der Waals surface area contributed by atoms with Crippen molar-refractivity contribution in [1.82, 2.24) is 0 Å². The molecule has 0 aliphatic carbocycles. The van der Waals surface area contributed by atoms with E-state index in [2.05, 4.69) is 0 Å². The third-order valence-electron chi connectivity index (χ3n) is 2.05. The number of halogens is 1. The maximum atomic E-state index is 11.6. The molecule has 0 heterocycles. The molecule has 1 atom stereocenters. The number of carbonyl (C=O) groups is 2. The normalized spacial score (nSPS) is 11.9. The molecular formula is C11H12ClNO4. The molecule has 1 rings (SSSR count). The topological polar surface area (TPSA) is 89.6 Å². The third kappa shape index (κ3) is 3.64. The Bertz CT molecular complexity index is 427. The van der Waals surface area contributed by atoms with Crippen LogP contribution in [0.15, 0.2) is 18.2 Å². The maximum Gasteiger partial charge on any atom is 0.345 e. The van der Waals surface area contributed by atoms with Gasteiger partial charge in [-0.15, -0.1) is 0 Å². The summed E-state index contributed by atoms with van der Waals surface area (Å²) in [5.74, 6) is -1.94. The Morgan fingerprint density at radius 2 is 2.12 bits per heavy atom. The van der Waals surface area contributed by atoms with Crippen LogP contribution in [0.25, 0.3) is 0 Å².